The lowest BCUT2D eigenvalue weighted by Crippen LogP contribution is -2.30. The normalized spacial score (nSPS) is 15.9. The van der Waals surface area contributed by atoms with Crippen molar-refractivity contribution in [3.05, 3.63) is 0 Å². The predicted octanol–water partition coefficient (Wildman–Crippen LogP) is 2.92. The summed E-state index contributed by atoms with van der Waals surface area (Å²) in [5.41, 5.74) is 0. The van der Waals surface area contributed by atoms with Crippen LogP contribution in [-0.4, -0.2) is 49.9 Å². The van der Waals surface area contributed by atoms with Crippen LogP contribution in [0.5, 0.6) is 0 Å². The molecule has 0 bridgehead atoms. The summed E-state index contributed by atoms with van der Waals surface area (Å²) in [6.07, 6.45) is 7.71. The Balaban J connectivity index is 1.75. The summed E-state index contributed by atoms with van der Waals surface area (Å²) in [5.74, 6) is 1.14. The molecule has 124 valence electrons. The van der Waals surface area contributed by atoms with Gasteiger partial charge in [-0.1, -0.05) is 31.0 Å². The molecule has 2 rings (SSSR count). The van der Waals surface area contributed by atoms with Gasteiger partial charge < -0.3 is 4.90 Å². The zero-order chi connectivity index (χ0) is 15.8. The van der Waals surface area contributed by atoms with Crippen molar-refractivity contribution < 1.29 is 4.79 Å². The van der Waals surface area contributed by atoms with Gasteiger partial charge in [0.25, 0.3) is 0 Å². The molecule has 1 heterocycles. The molecule has 1 aliphatic rings. The average Bonchev–Trinajstić information content (AvgIpc) is 3.02. The molecule has 1 fully saturated rings. The molecule has 1 saturated carbocycles. The van der Waals surface area contributed by atoms with E-state index in [1.54, 1.807) is 11.8 Å². The van der Waals surface area contributed by atoms with Gasteiger partial charge in [0.05, 0.1) is 6.04 Å². The molecule has 0 unspecified atom stereocenters. The molecule has 0 spiro atoms. The molecule has 1 aromatic rings. The molecule has 1 aromatic heterocycles. The van der Waals surface area contributed by atoms with E-state index in [4.69, 9.17) is 0 Å². The first-order valence-electron chi connectivity index (χ1n) is 8.44. The van der Waals surface area contributed by atoms with Crippen LogP contribution in [0, 0.1) is 0 Å². The summed E-state index contributed by atoms with van der Waals surface area (Å²) in [7, 11) is 0. The van der Waals surface area contributed by atoms with Crippen LogP contribution in [0.1, 0.15) is 64.8 Å². The first kappa shape index (κ1) is 17.2. The highest BCUT2D eigenvalue weighted by molar-refractivity contribution is 7.99. The van der Waals surface area contributed by atoms with E-state index in [-0.39, 0.29) is 5.91 Å². The topological polar surface area (TPSA) is 63.9 Å². The van der Waals surface area contributed by atoms with Crippen LogP contribution in [0.4, 0.5) is 0 Å². The zero-order valence-electron chi connectivity index (χ0n) is 13.7. The molecule has 1 aliphatic carbocycles. The van der Waals surface area contributed by atoms with Crippen LogP contribution in [0.25, 0.3) is 0 Å². The number of amides is 1. The first-order chi connectivity index (χ1) is 10.8. The minimum atomic E-state index is 0.248. The van der Waals surface area contributed by atoms with Gasteiger partial charge in [0.15, 0.2) is 0 Å². The Morgan fingerprint density at radius 3 is 2.68 bits per heavy atom. The number of thioether (sulfide) groups is 1. The van der Waals surface area contributed by atoms with E-state index in [1.165, 1.54) is 32.1 Å². The Morgan fingerprint density at radius 1 is 1.27 bits per heavy atom. The van der Waals surface area contributed by atoms with Crippen molar-refractivity contribution in [2.24, 2.45) is 0 Å². The van der Waals surface area contributed by atoms with Crippen molar-refractivity contribution in [3.63, 3.8) is 0 Å². The van der Waals surface area contributed by atoms with E-state index < -0.39 is 0 Å². The lowest BCUT2D eigenvalue weighted by molar-refractivity contribution is -0.130. The van der Waals surface area contributed by atoms with Gasteiger partial charge in [-0.25, -0.2) is 4.68 Å². The molecule has 0 aromatic carbocycles. The fourth-order valence-corrected chi connectivity index (χ4v) is 3.84. The SMILES string of the molecule is CCN(CC)C(=O)CCCSc1nnnn1C1CCCCC1. The molecule has 0 radical (unpaired) electrons. The average molecular weight is 325 g/mol. The van der Waals surface area contributed by atoms with Gasteiger partial charge in [0.1, 0.15) is 0 Å². The predicted molar refractivity (Wildman–Crippen MR) is 87.8 cm³/mol. The maximum Gasteiger partial charge on any atom is 0.222 e. The summed E-state index contributed by atoms with van der Waals surface area (Å²) in [6.45, 7) is 5.63. The number of carbonyl (C=O) groups is 1. The summed E-state index contributed by atoms with van der Waals surface area (Å²) in [4.78, 5) is 13.8. The summed E-state index contributed by atoms with van der Waals surface area (Å²) < 4.78 is 2.00. The number of hydrogen-bond acceptors (Lipinski definition) is 5. The Morgan fingerprint density at radius 2 is 2.00 bits per heavy atom. The standard InChI is InChI=1S/C15H27N5OS/c1-3-19(4-2)14(21)11-8-12-22-15-16-17-18-20(15)13-9-6-5-7-10-13/h13H,3-12H2,1-2H3. The Kier molecular flexibility index (Phi) is 7.15. The maximum absolute atomic E-state index is 12.0. The largest absolute Gasteiger partial charge is 0.343 e. The summed E-state index contributed by atoms with van der Waals surface area (Å²) >= 11 is 1.67. The molecule has 22 heavy (non-hydrogen) atoms. The molecule has 1 amide bonds. The van der Waals surface area contributed by atoms with Crippen LogP contribution in [-0.2, 0) is 4.79 Å². The third-order valence-electron chi connectivity index (χ3n) is 4.27. The molecule has 0 atom stereocenters. The minimum Gasteiger partial charge on any atom is -0.343 e. The van der Waals surface area contributed by atoms with Crippen molar-refractivity contribution in [1.29, 1.82) is 0 Å². The number of tetrazole rings is 1. The molecule has 7 heteroatoms. The quantitative estimate of drug-likeness (QED) is 0.543. The number of aromatic nitrogens is 4. The number of hydrogen-bond donors (Lipinski definition) is 0. The number of carbonyl (C=O) groups excluding carboxylic acids is 1. The fraction of sp³-hybridized carbons (Fsp3) is 0.867. The molecule has 0 saturated heterocycles. The van der Waals surface area contributed by atoms with Gasteiger partial charge in [0.2, 0.25) is 11.1 Å². The Bertz CT molecular complexity index is 455. The molecular formula is C15H27N5OS. The third-order valence-corrected chi connectivity index (χ3v) is 5.29. The second kappa shape index (κ2) is 9.12. The molecule has 0 N–H and O–H groups in total. The minimum absolute atomic E-state index is 0.248. The Hall–Kier alpha value is -1.11. The van der Waals surface area contributed by atoms with Gasteiger partial charge in [-0.15, -0.1) is 5.10 Å². The van der Waals surface area contributed by atoms with Gasteiger partial charge in [-0.05, 0) is 43.5 Å². The van der Waals surface area contributed by atoms with Crippen LogP contribution >= 0.6 is 11.8 Å². The van der Waals surface area contributed by atoms with E-state index in [2.05, 4.69) is 15.5 Å². The van der Waals surface area contributed by atoms with E-state index in [1.807, 2.05) is 23.4 Å². The van der Waals surface area contributed by atoms with Gasteiger partial charge >= 0.3 is 0 Å². The second-order valence-electron chi connectivity index (χ2n) is 5.72. The van der Waals surface area contributed by atoms with Gasteiger partial charge in [-0.3, -0.25) is 4.79 Å². The van der Waals surface area contributed by atoms with E-state index >= 15 is 0 Å². The van der Waals surface area contributed by atoms with Crippen LogP contribution in [0.15, 0.2) is 5.16 Å². The molecular weight excluding hydrogens is 298 g/mol. The summed E-state index contributed by atoms with van der Waals surface area (Å²) in [6, 6.07) is 0.462. The van der Waals surface area contributed by atoms with E-state index in [9.17, 15) is 4.79 Å². The van der Waals surface area contributed by atoms with Crippen molar-refractivity contribution in [1.82, 2.24) is 25.1 Å². The molecule has 6 nitrogen and oxygen atoms in total. The molecule has 0 aliphatic heterocycles. The maximum atomic E-state index is 12.0. The highest BCUT2D eigenvalue weighted by Crippen LogP contribution is 2.30. The van der Waals surface area contributed by atoms with Crippen LogP contribution in [0.2, 0.25) is 0 Å². The van der Waals surface area contributed by atoms with Crippen molar-refractivity contribution in [2.45, 2.75) is 70.0 Å². The van der Waals surface area contributed by atoms with E-state index in [0.717, 1.165) is 30.4 Å². The van der Waals surface area contributed by atoms with Crippen molar-refractivity contribution in [2.75, 3.05) is 18.8 Å². The Labute approximate surface area is 137 Å². The first-order valence-corrected chi connectivity index (χ1v) is 9.43. The van der Waals surface area contributed by atoms with Gasteiger partial charge in [-0.2, -0.15) is 0 Å². The lowest BCUT2D eigenvalue weighted by atomic mass is 9.96. The number of nitrogens with zero attached hydrogens (tertiary/aromatic N) is 5. The fourth-order valence-electron chi connectivity index (χ4n) is 2.96. The summed E-state index contributed by atoms with van der Waals surface area (Å²) in [5, 5.41) is 13.1. The second-order valence-corrected chi connectivity index (χ2v) is 6.78. The van der Waals surface area contributed by atoms with Crippen molar-refractivity contribution in [3.8, 4) is 0 Å². The highest BCUT2D eigenvalue weighted by atomic mass is 32.2. The van der Waals surface area contributed by atoms with Gasteiger partial charge in [0, 0.05) is 25.3 Å². The third kappa shape index (κ3) is 4.69. The monoisotopic (exact) mass is 325 g/mol. The number of rotatable bonds is 8. The van der Waals surface area contributed by atoms with E-state index in [0.29, 0.717) is 12.5 Å². The van der Waals surface area contributed by atoms with Crippen LogP contribution in [0.3, 0.4) is 0 Å². The van der Waals surface area contributed by atoms with Crippen molar-refractivity contribution >= 4 is 17.7 Å². The zero-order valence-corrected chi connectivity index (χ0v) is 14.5. The lowest BCUT2D eigenvalue weighted by Gasteiger charge is -2.22. The van der Waals surface area contributed by atoms with Crippen LogP contribution < -0.4 is 0 Å². The highest BCUT2D eigenvalue weighted by Gasteiger charge is 2.20. The smallest absolute Gasteiger partial charge is 0.222 e.